The zero-order valence-corrected chi connectivity index (χ0v) is 11.5. The summed E-state index contributed by atoms with van der Waals surface area (Å²) in [5.74, 6) is 0.537. The number of aromatic hydroxyl groups is 1. The van der Waals surface area contributed by atoms with Gasteiger partial charge in [-0.2, -0.15) is 0 Å². The number of hydrogen-bond acceptors (Lipinski definition) is 5. The third-order valence-corrected chi connectivity index (χ3v) is 3.62. The molecule has 0 aliphatic heterocycles. The maximum Gasteiger partial charge on any atom is 0.324 e. The number of aromatic nitrogens is 1. The molecule has 0 saturated heterocycles. The van der Waals surface area contributed by atoms with Crippen LogP contribution >= 0.6 is 11.9 Å². The molecule has 0 fully saturated rings. The molecule has 1 aromatic rings. The highest BCUT2D eigenvalue weighted by atomic mass is 32.2. The summed E-state index contributed by atoms with van der Waals surface area (Å²) in [5.41, 5.74) is 0.407. The molecule has 1 heterocycles. The van der Waals surface area contributed by atoms with Crippen molar-refractivity contribution in [1.29, 1.82) is 0 Å². The van der Waals surface area contributed by atoms with Crippen LogP contribution in [0.25, 0.3) is 0 Å². The lowest BCUT2D eigenvalue weighted by Gasteiger charge is -2.06. The Morgan fingerprint density at radius 3 is 3.06 bits per heavy atom. The number of urea groups is 1. The monoisotopic (exact) mass is 289 g/mol. The smallest absolute Gasteiger partial charge is 0.324 e. The van der Waals surface area contributed by atoms with E-state index in [1.807, 2.05) is 0 Å². The number of pyridine rings is 1. The van der Waals surface area contributed by atoms with Crippen molar-refractivity contribution < 1.29 is 14.1 Å². The van der Waals surface area contributed by atoms with Crippen LogP contribution in [0.4, 0.5) is 4.79 Å². The third kappa shape index (κ3) is 5.37. The van der Waals surface area contributed by atoms with E-state index in [-0.39, 0.29) is 17.5 Å². The van der Waals surface area contributed by atoms with E-state index in [9.17, 15) is 14.1 Å². The number of rotatable bonds is 6. The Hall–Kier alpha value is -1.28. The van der Waals surface area contributed by atoms with Gasteiger partial charge in [0.2, 0.25) is 0 Å². The predicted octanol–water partition coefficient (Wildman–Crippen LogP) is 0.613. The molecule has 0 saturated carbocycles. The van der Waals surface area contributed by atoms with Crippen molar-refractivity contribution in [2.75, 3.05) is 18.6 Å². The topological polar surface area (TPSA) is 91.3 Å². The summed E-state index contributed by atoms with van der Waals surface area (Å²) in [6, 6.07) is 2.81. The van der Waals surface area contributed by atoms with Crippen molar-refractivity contribution in [1.82, 2.24) is 15.0 Å². The standard InChI is InChI=1S/C10H15N3O3S2/c1-17-13-10(15)12-5-6-18(16)7-8-9(14)3-2-4-11-8/h2-4,14H,5-7H2,1H3,(H2,12,13,15). The summed E-state index contributed by atoms with van der Waals surface area (Å²) in [4.78, 5) is 15.0. The van der Waals surface area contributed by atoms with E-state index in [2.05, 4.69) is 15.0 Å². The second-order valence-corrected chi connectivity index (χ2v) is 5.51. The van der Waals surface area contributed by atoms with Gasteiger partial charge in [0.1, 0.15) is 5.75 Å². The van der Waals surface area contributed by atoms with Crippen LogP contribution in [0.3, 0.4) is 0 Å². The number of nitrogens with one attached hydrogen (secondary N) is 2. The highest BCUT2D eigenvalue weighted by Gasteiger charge is 2.07. The second-order valence-electron chi connectivity index (χ2n) is 3.32. The summed E-state index contributed by atoms with van der Waals surface area (Å²) in [6.07, 6.45) is 3.28. The zero-order chi connectivity index (χ0) is 13.4. The van der Waals surface area contributed by atoms with Crippen LogP contribution in [0.5, 0.6) is 5.75 Å². The molecule has 100 valence electrons. The maximum atomic E-state index is 11.7. The predicted molar refractivity (Wildman–Crippen MR) is 72.7 cm³/mol. The summed E-state index contributed by atoms with van der Waals surface area (Å²) < 4.78 is 14.2. The van der Waals surface area contributed by atoms with E-state index in [0.717, 1.165) is 0 Å². The molecule has 2 amide bonds. The van der Waals surface area contributed by atoms with Crippen molar-refractivity contribution in [3.05, 3.63) is 24.0 Å². The lowest BCUT2D eigenvalue weighted by atomic mass is 10.3. The highest BCUT2D eigenvalue weighted by Crippen LogP contribution is 2.14. The van der Waals surface area contributed by atoms with Gasteiger partial charge in [-0.05, 0) is 12.1 Å². The van der Waals surface area contributed by atoms with Crippen LogP contribution in [0.2, 0.25) is 0 Å². The van der Waals surface area contributed by atoms with Gasteiger partial charge in [0.25, 0.3) is 0 Å². The normalized spacial score (nSPS) is 11.8. The van der Waals surface area contributed by atoms with E-state index in [1.54, 1.807) is 12.3 Å². The molecular weight excluding hydrogens is 274 g/mol. The van der Waals surface area contributed by atoms with Crippen molar-refractivity contribution in [2.24, 2.45) is 0 Å². The summed E-state index contributed by atoms with van der Waals surface area (Å²) in [7, 11) is -1.17. The van der Waals surface area contributed by atoms with Gasteiger partial charge in [-0.15, -0.1) is 0 Å². The SMILES string of the molecule is CSNC(=O)NCCS(=O)Cc1ncccc1O. The number of hydrogen-bond donors (Lipinski definition) is 3. The first kappa shape index (κ1) is 14.8. The fourth-order valence-corrected chi connectivity index (χ4v) is 2.43. The molecule has 18 heavy (non-hydrogen) atoms. The molecule has 8 heteroatoms. The molecule has 0 spiro atoms. The van der Waals surface area contributed by atoms with Gasteiger partial charge < -0.3 is 10.4 Å². The van der Waals surface area contributed by atoms with Crippen molar-refractivity contribution >= 4 is 28.8 Å². The summed E-state index contributed by atoms with van der Waals surface area (Å²) >= 11 is 1.19. The Morgan fingerprint density at radius 1 is 1.61 bits per heavy atom. The lowest BCUT2D eigenvalue weighted by molar-refractivity contribution is 0.247. The van der Waals surface area contributed by atoms with E-state index >= 15 is 0 Å². The molecule has 0 bridgehead atoms. The fourth-order valence-electron chi connectivity index (χ4n) is 1.17. The number of carbonyl (C=O) groups excluding carboxylic acids is 1. The van der Waals surface area contributed by atoms with E-state index in [4.69, 9.17) is 0 Å². The molecular formula is C10H15N3O3S2. The van der Waals surface area contributed by atoms with Gasteiger partial charge in [-0.1, -0.05) is 11.9 Å². The number of amides is 2. The summed E-state index contributed by atoms with van der Waals surface area (Å²) in [5, 5.41) is 12.0. The molecule has 3 N–H and O–H groups in total. The Bertz CT molecular complexity index is 429. The van der Waals surface area contributed by atoms with Crippen LogP contribution in [0.1, 0.15) is 5.69 Å². The van der Waals surface area contributed by atoms with Crippen molar-refractivity contribution in [3.63, 3.8) is 0 Å². The van der Waals surface area contributed by atoms with Crippen LogP contribution in [0, 0.1) is 0 Å². The van der Waals surface area contributed by atoms with Crippen LogP contribution in [-0.4, -0.2) is 38.9 Å². The third-order valence-electron chi connectivity index (χ3n) is 1.97. The molecule has 1 atom stereocenters. The molecule has 0 aliphatic carbocycles. The van der Waals surface area contributed by atoms with E-state index < -0.39 is 10.8 Å². The van der Waals surface area contributed by atoms with E-state index in [0.29, 0.717) is 18.0 Å². The second kappa shape index (κ2) is 7.93. The van der Waals surface area contributed by atoms with Gasteiger partial charge in [0.05, 0.1) is 11.4 Å². The Morgan fingerprint density at radius 2 is 2.39 bits per heavy atom. The Labute approximate surface area is 112 Å². The van der Waals surface area contributed by atoms with Gasteiger partial charge in [-0.25, -0.2) is 4.79 Å². The molecule has 0 aliphatic rings. The minimum atomic E-state index is -1.17. The van der Waals surface area contributed by atoms with Crippen LogP contribution in [0.15, 0.2) is 18.3 Å². The zero-order valence-electron chi connectivity index (χ0n) is 9.88. The molecule has 0 radical (unpaired) electrons. The largest absolute Gasteiger partial charge is 0.506 e. The Kier molecular flexibility index (Phi) is 6.51. The molecule has 1 unspecified atom stereocenters. The first-order valence-corrected chi connectivity index (χ1v) is 7.89. The first-order valence-electron chi connectivity index (χ1n) is 5.18. The molecule has 1 aromatic heterocycles. The molecule has 0 aromatic carbocycles. The van der Waals surface area contributed by atoms with Gasteiger partial charge in [0.15, 0.2) is 0 Å². The Balaban J connectivity index is 2.30. The average Bonchev–Trinajstić information content (AvgIpc) is 2.32. The molecule has 6 nitrogen and oxygen atoms in total. The first-order chi connectivity index (χ1) is 8.63. The van der Waals surface area contributed by atoms with Crippen molar-refractivity contribution in [3.8, 4) is 5.75 Å². The lowest BCUT2D eigenvalue weighted by Crippen LogP contribution is -2.34. The average molecular weight is 289 g/mol. The minimum Gasteiger partial charge on any atom is -0.506 e. The number of nitrogens with zero attached hydrogens (tertiary/aromatic N) is 1. The van der Waals surface area contributed by atoms with Crippen molar-refractivity contribution in [2.45, 2.75) is 5.75 Å². The fraction of sp³-hybridized carbons (Fsp3) is 0.400. The van der Waals surface area contributed by atoms with Gasteiger partial charge in [-0.3, -0.25) is 13.9 Å². The van der Waals surface area contributed by atoms with Crippen LogP contribution < -0.4 is 10.0 Å². The van der Waals surface area contributed by atoms with E-state index in [1.165, 1.54) is 24.2 Å². The van der Waals surface area contributed by atoms with Crippen LogP contribution in [-0.2, 0) is 16.6 Å². The highest BCUT2D eigenvalue weighted by molar-refractivity contribution is 7.97. The summed E-state index contributed by atoms with van der Waals surface area (Å²) in [6.45, 7) is 0.312. The molecule has 1 rings (SSSR count). The minimum absolute atomic E-state index is 0.0407. The van der Waals surface area contributed by atoms with Gasteiger partial charge >= 0.3 is 6.03 Å². The quantitative estimate of drug-likeness (QED) is 0.668. The number of carbonyl (C=O) groups is 1. The van der Waals surface area contributed by atoms with Gasteiger partial charge in [0, 0.05) is 35.5 Å². The maximum absolute atomic E-state index is 11.7.